The van der Waals surface area contributed by atoms with Gasteiger partial charge in [0.2, 0.25) is 0 Å². The van der Waals surface area contributed by atoms with Gasteiger partial charge >= 0.3 is 0 Å². The zero-order valence-corrected chi connectivity index (χ0v) is 10.1. The highest BCUT2D eigenvalue weighted by Crippen LogP contribution is 2.14. The van der Waals surface area contributed by atoms with E-state index in [9.17, 15) is 4.79 Å². The summed E-state index contributed by atoms with van der Waals surface area (Å²) < 4.78 is 10.6. The summed E-state index contributed by atoms with van der Waals surface area (Å²) in [4.78, 5) is 11.9. The molecule has 1 aromatic carbocycles. The maximum absolute atomic E-state index is 11.9. The second-order valence-electron chi connectivity index (χ2n) is 4.18. The molecule has 0 atom stereocenters. The molecule has 0 aliphatic carbocycles. The van der Waals surface area contributed by atoms with Crippen LogP contribution in [0.5, 0.6) is 0 Å². The van der Waals surface area contributed by atoms with Crippen LogP contribution in [0.3, 0.4) is 0 Å². The van der Waals surface area contributed by atoms with Gasteiger partial charge in [0.25, 0.3) is 0 Å². The van der Waals surface area contributed by atoms with Gasteiger partial charge in [-0.05, 0) is 12.0 Å². The molecule has 2 rings (SSSR count). The summed E-state index contributed by atoms with van der Waals surface area (Å²) in [5, 5.41) is 0. The molecule has 0 aromatic heterocycles. The molecule has 1 fully saturated rings. The lowest BCUT2D eigenvalue weighted by molar-refractivity contribution is -0.0464. The molecule has 1 saturated heterocycles. The van der Waals surface area contributed by atoms with E-state index in [-0.39, 0.29) is 12.1 Å². The number of hydrogen-bond donors (Lipinski definition) is 0. The highest BCUT2D eigenvalue weighted by Gasteiger charge is 2.17. The van der Waals surface area contributed by atoms with Crippen LogP contribution in [0.1, 0.15) is 35.7 Å². The number of rotatable bonds is 5. The first-order valence-corrected chi connectivity index (χ1v) is 6.15. The predicted octanol–water partition coefficient (Wildman–Crippen LogP) is 2.58. The number of benzene rings is 1. The van der Waals surface area contributed by atoms with Crippen molar-refractivity contribution in [1.29, 1.82) is 0 Å². The van der Waals surface area contributed by atoms with E-state index < -0.39 is 0 Å². The molecule has 0 N–H and O–H groups in total. The summed E-state index contributed by atoms with van der Waals surface area (Å²) in [6, 6.07) is 7.82. The molecular formula is C14H18O3. The summed E-state index contributed by atoms with van der Waals surface area (Å²) in [7, 11) is 0. The minimum absolute atomic E-state index is 0.159. The smallest absolute Gasteiger partial charge is 0.163 e. The van der Waals surface area contributed by atoms with Crippen molar-refractivity contribution in [2.45, 2.75) is 32.5 Å². The van der Waals surface area contributed by atoms with Gasteiger partial charge in [-0.2, -0.15) is 0 Å². The normalized spacial score (nSPS) is 16.3. The van der Waals surface area contributed by atoms with E-state index in [4.69, 9.17) is 9.47 Å². The van der Waals surface area contributed by atoms with Gasteiger partial charge in [0.15, 0.2) is 12.1 Å². The monoisotopic (exact) mass is 234 g/mol. The highest BCUT2D eigenvalue weighted by atomic mass is 16.7. The SMILES string of the molecule is CCc1ccc(C(=O)CCC2OCCO2)cc1. The Morgan fingerprint density at radius 2 is 1.88 bits per heavy atom. The molecule has 3 heteroatoms. The van der Waals surface area contributed by atoms with Crippen LogP contribution in [0.25, 0.3) is 0 Å². The lowest BCUT2D eigenvalue weighted by atomic mass is 10.0. The number of hydrogen-bond acceptors (Lipinski definition) is 3. The van der Waals surface area contributed by atoms with Crippen molar-refractivity contribution in [2.24, 2.45) is 0 Å². The fraction of sp³-hybridized carbons (Fsp3) is 0.500. The van der Waals surface area contributed by atoms with Crippen molar-refractivity contribution in [3.05, 3.63) is 35.4 Å². The van der Waals surface area contributed by atoms with E-state index in [1.54, 1.807) is 0 Å². The van der Waals surface area contributed by atoms with Gasteiger partial charge in [0.1, 0.15) is 0 Å². The number of Topliss-reactive ketones (excluding diaryl/α,β-unsaturated/α-hetero) is 1. The van der Waals surface area contributed by atoms with E-state index in [1.807, 2.05) is 24.3 Å². The Morgan fingerprint density at radius 3 is 2.47 bits per heavy atom. The van der Waals surface area contributed by atoms with E-state index in [0.717, 1.165) is 12.0 Å². The van der Waals surface area contributed by atoms with Crippen LogP contribution in [-0.2, 0) is 15.9 Å². The van der Waals surface area contributed by atoms with Crippen LogP contribution >= 0.6 is 0 Å². The Morgan fingerprint density at radius 1 is 1.24 bits per heavy atom. The summed E-state index contributed by atoms with van der Waals surface area (Å²) in [5.41, 5.74) is 2.03. The molecule has 0 spiro atoms. The van der Waals surface area contributed by atoms with Crippen molar-refractivity contribution in [2.75, 3.05) is 13.2 Å². The third-order valence-corrected chi connectivity index (χ3v) is 2.98. The van der Waals surface area contributed by atoms with Crippen LogP contribution < -0.4 is 0 Å². The largest absolute Gasteiger partial charge is 0.350 e. The molecule has 0 saturated carbocycles. The van der Waals surface area contributed by atoms with Crippen LogP contribution in [0, 0.1) is 0 Å². The number of ether oxygens (including phenoxy) is 2. The van der Waals surface area contributed by atoms with Gasteiger partial charge < -0.3 is 9.47 Å². The topological polar surface area (TPSA) is 35.5 Å². The standard InChI is InChI=1S/C14H18O3/c1-2-11-3-5-12(6-4-11)13(15)7-8-14-16-9-10-17-14/h3-6,14H,2,7-10H2,1H3. The van der Waals surface area contributed by atoms with Crippen molar-refractivity contribution < 1.29 is 14.3 Å². The van der Waals surface area contributed by atoms with Gasteiger partial charge in [-0.25, -0.2) is 0 Å². The number of carbonyl (C=O) groups excluding carboxylic acids is 1. The summed E-state index contributed by atoms with van der Waals surface area (Å²) in [6.07, 6.45) is 1.94. The minimum atomic E-state index is -0.186. The maximum atomic E-state index is 11.9. The third-order valence-electron chi connectivity index (χ3n) is 2.98. The Hall–Kier alpha value is -1.19. The Kier molecular flexibility index (Phi) is 4.29. The first-order chi connectivity index (χ1) is 8.29. The average Bonchev–Trinajstić information content (AvgIpc) is 2.89. The van der Waals surface area contributed by atoms with Crippen LogP contribution in [0.4, 0.5) is 0 Å². The van der Waals surface area contributed by atoms with E-state index in [0.29, 0.717) is 26.1 Å². The van der Waals surface area contributed by atoms with Crippen LogP contribution in [0.15, 0.2) is 24.3 Å². The van der Waals surface area contributed by atoms with Crippen molar-refractivity contribution >= 4 is 5.78 Å². The first kappa shape index (κ1) is 12.3. The second-order valence-corrected chi connectivity index (χ2v) is 4.18. The van der Waals surface area contributed by atoms with E-state index in [2.05, 4.69) is 6.92 Å². The molecule has 92 valence electrons. The maximum Gasteiger partial charge on any atom is 0.163 e. The Balaban J connectivity index is 1.85. The fourth-order valence-corrected chi connectivity index (χ4v) is 1.89. The summed E-state index contributed by atoms with van der Waals surface area (Å²) in [6.45, 7) is 3.39. The molecule has 0 radical (unpaired) electrons. The molecule has 17 heavy (non-hydrogen) atoms. The second kappa shape index (κ2) is 5.94. The lowest BCUT2D eigenvalue weighted by Gasteiger charge is -2.08. The lowest BCUT2D eigenvalue weighted by Crippen LogP contribution is -2.10. The molecule has 3 nitrogen and oxygen atoms in total. The molecule has 1 aliphatic heterocycles. The molecular weight excluding hydrogens is 216 g/mol. The highest BCUT2D eigenvalue weighted by molar-refractivity contribution is 5.96. The summed E-state index contributed by atoms with van der Waals surface area (Å²) >= 11 is 0. The van der Waals surface area contributed by atoms with Crippen LogP contribution in [-0.4, -0.2) is 25.3 Å². The molecule has 0 bridgehead atoms. The molecule has 1 aliphatic rings. The third kappa shape index (κ3) is 3.38. The van der Waals surface area contributed by atoms with Crippen LogP contribution in [0.2, 0.25) is 0 Å². The Labute approximate surface area is 102 Å². The molecule has 0 unspecified atom stereocenters. The molecule has 1 heterocycles. The Bertz CT molecular complexity index is 364. The zero-order valence-electron chi connectivity index (χ0n) is 10.1. The van der Waals surface area contributed by atoms with Crippen molar-refractivity contribution in [3.63, 3.8) is 0 Å². The molecule has 0 amide bonds. The molecule has 1 aromatic rings. The number of carbonyl (C=O) groups is 1. The summed E-state index contributed by atoms with van der Waals surface area (Å²) in [5.74, 6) is 0.159. The van der Waals surface area contributed by atoms with Crippen molar-refractivity contribution in [3.8, 4) is 0 Å². The number of ketones is 1. The average molecular weight is 234 g/mol. The zero-order chi connectivity index (χ0) is 12.1. The van der Waals surface area contributed by atoms with E-state index >= 15 is 0 Å². The van der Waals surface area contributed by atoms with Gasteiger partial charge in [0.05, 0.1) is 13.2 Å². The van der Waals surface area contributed by atoms with Gasteiger partial charge in [-0.3, -0.25) is 4.79 Å². The van der Waals surface area contributed by atoms with Gasteiger partial charge in [-0.1, -0.05) is 31.2 Å². The first-order valence-electron chi connectivity index (χ1n) is 6.15. The van der Waals surface area contributed by atoms with Gasteiger partial charge in [-0.15, -0.1) is 0 Å². The fourth-order valence-electron chi connectivity index (χ4n) is 1.89. The minimum Gasteiger partial charge on any atom is -0.350 e. The predicted molar refractivity (Wildman–Crippen MR) is 65.1 cm³/mol. The van der Waals surface area contributed by atoms with E-state index in [1.165, 1.54) is 5.56 Å². The van der Waals surface area contributed by atoms with Gasteiger partial charge in [0, 0.05) is 18.4 Å². The quantitative estimate of drug-likeness (QED) is 0.734. The number of aryl methyl sites for hydroxylation is 1. The van der Waals surface area contributed by atoms with Crippen molar-refractivity contribution in [1.82, 2.24) is 0 Å².